The van der Waals surface area contributed by atoms with Crippen LogP contribution < -0.4 is 5.73 Å². The standard InChI is InChI=1S/C12H21N3O/c1-8-3-5-10(7-8)12-14-11(16-15-12)6-4-9(2)13/h8-10H,3-7,13H2,1-2H3. The van der Waals surface area contributed by atoms with Crippen molar-refractivity contribution in [2.45, 2.75) is 57.9 Å². The van der Waals surface area contributed by atoms with Gasteiger partial charge in [0, 0.05) is 18.4 Å². The molecule has 1 aromatic heterocycles. The van der Waals surface area contributed by atoms with E-state index in [1.165, 1.54) is 19.3 Å². The highest BCUT2D eigenvalue weighted by atomic mass is 16.5. The summed E-state index contributed by atoms with van der Waals surface area (Å²) < 4.78 is 5.25. The first kappa shape index (κ1) is 11.6. The molecule has 2 rings (SSSR count). The molecule has 0 spiro atoms. The highest BCUT2D eigenvalue weighted by molar-refractivity contribution is 4.99. The monoisotopic (exact) mass is 223 g/mol. The summed E-state index contributed by atoms with van der Waals surface area (Å²) in [5, 5.41) is 4.08. The fraction of sp³-hybridized carbons (Fsp3) is 0.833. The van der Waals surface area contributed by atoms with Crippen LogP contribution in [0.1, 0.15) is 57.2 Å². The van der Waals surface area contributed by atoms with E-state index in [9.17, 15) is 0 Å². The zero-order valence-corrected chi connectivity index (χ0v) is 10.1. The minimum absolute atomic E-state index is 0.196. The maximum Gasteiger partial charge on any atom is 0.226 e. The minimum atomic E-state index is 0.196. The largest absolute Gasteiger partial charge is 0.339 e. The lowest BCUT2D eigenvalue weighted by Gasteiger charge is -2.02. The van der Waals surface area contributed by atoms with Gasteiger partial charge in [0.05, 0.1) is 0 Å². The van der Waals surface area contributed by atoms with Gasteiger partial charge in [0.25, 0.3) is 0 Å². The van der Waals surface area contributed by atoms with E-state index < -0.39 is 0 Å². The molecule has 90 valence electrons. The number of nitrogens with zero attached hydrogens (tertiary/aromatic N) is 2. The summed E-state index contributed by atoms with van der Waals surface area (Å²) in [6.45, 7) is 4.28. The van der Waals surface area contributed by atoms with Gasteiger partial charge < -0.3 is 10.3 Å². The van der Waals surface area contributed by atoms with Crippen molar-refractivity contribution in [3.8, 4) is 0 Å². The van der Waals surface area contributed by atoms with Gasteiger partial charge in [-0.1, -0.05) is 12.1 Å². The third-order valence-electron chi connectivity index (χ3n) is 3.36. The highest BCUT2D eigenvalue weighted by Crippen LogP contribution is 2.36. The Morgan fingerprint density at radius 3 is 2.94 bits per heavy atom. The maximum absolute atomic E-state index is 5.70. The lowest BCUT2D eigenvalue weighted by atomic mass is 10.1. The van der Waals surface area contributed by atoms with Crippen LogP contribution >= 0.6 is 0 Å². The summed E-state index contributed by atoms with van der Waals surface area (Å²) in [7, 11) is 0. The summed E-state index contributed by atoms with van der Waals surface area (Å²) in [6, 6.07) is 0.196. The van der Waals surface area contributed by atoms with Crippen molar-refractivity contribution in [2.24, 2.45) is 11.7 Å². The van der Waals surface area contributed by atoms with Gasteiger partial charge in [-0.15, -0.1) is 0 Å². The van der Waals surface area contributed by atoms with Crippen LogP contribution in [0.2, 0.25) is 0 Å². The quantitative estimate of drug-likeness (QED) is 0.850. The molecule has 4 nitrogen and oxygen atoms in total. The molecule has 0 saturated heterocycles. The molecule has 1 fully saturated rings. The van der Waals surface area contributed by atoms with Gasteiger partial charge in [-0.25, -0.2) is 0 Å². The lowest BCUT2D eigenvalue weighted by Crippen LogP contribution is -2.15. The smallest absolute Gasteiger partial charge is 0.226 e. The molecule has 0 aliphatic heterocycles. The number of nitrogens with two attached hydrogens (primary N) is 1. The van der Waals surface area contributed by atoms with Crippen molar-refractivity contribution in [3.05, 3.63) is 11.7 Å². The number of hydrogen-bond donors (Lipinski definition) is 1. The molecule has 1 heterocycles. The van der Waals surface area contributed by atoms with Gasteiger partial charge in [-0.05, 0) is 38.5 Å². The van der Waals surface area contributed by atoms with Crippen LogP contribution in [0.3, 0.4) is 0 Å². The number of hydrogen-bond acceptors (Lipinski definition) is 4. The second-order valence-corrected chi connectivity index (χ2v) is 5.18. The highest BCUT2D eigenvalue weighted by Gasteiger charge is 2.26. The second kappa shape index (κ2) is 4.95. The van der Waals surface area contributed by atoms with Crippen molar-refractivity contribution in [3.63, 3.8) is 0 Å². The van der Waals surface area contributed by atoms with E-state index in [2.05, 4.69) is 17.1 Å². The van der Waals surface area contributed by atoms with Gasteiger partial charge in [-0.2, -0.15) is 4.98 Å². The Labute approximate surface area is 96.6 Å². The van der Waals surface area contributed by atoms with Gasteiger partial charge >= 0.3 is 0 Å². The molecule has 0 aromatic carbocycles. The van der Waals surface area contributed by atoms with Crippen molar-refractivity contribution in [1.82, 2.24) is 10.1 Å². The van der Waals surface area contributed by atoms with Crippen LogP contribution in [-0.2, 0) is 6.42 Å². The summed E-state index contributed by atoms with van der Waals surface area (Å²) in [6.07, 6.45) is 5.39. The van der Waals surface area contributed by atoms with Gasteiger partial charge in [0.1, 0.15) is 0 Å². The molecule has 2 N–H and O–H groups in total. The Kier molecular flexibility index (Phi) is 3.59. The van der Waals surface area contributed by atoms with Crippen LogP contribution in [0.5, 0.6) is 0 Å². The third-order valence-corrected chi connectivity index (χ3v) is 3.36. The van der Waals surface area contributed by atoms with Gasteiger partial charge in [0.15, 0.2) is 5.82 Å². The molecular formula is C12H21N3O. The zero-order chi connectivity index (χ0) is 11.5. The summed E-state index contributed by atoms with van der Waals surface area (Å²) in [5.41, 5.74) is 5.70. The lowest BCUT2D eigenvalue weighted by molar-refractivity contribution is 0.364. The minimum Gasteiger partial charge on any atom is -0.339 e. The van der Waals surface area contributed by atoms with Gasteiger partial charge in [-0.3, -0.25) is 0 Å². The van der Waals surface area contributed by atoms with E-state index >= 15 is 0 Å². The molecule has 1 saturated carbocycles. The summed E-state index contributed by atoms with van der Waals surface area (Å²) in [5.74, 6) is 2.97. The van der Waals surface area contributed by atoms with Crippen molar-refractivity contribution in [1.29, 1.82) is 0 Å². The van der Waals surface area contributed by atoms with Crippen LogP contribution in [0, 0.1) is 5.92 Å². The molecule has 0 amide bonds. The van der Waals surface area contributed by atoms with Gasteiger partial charge in [0.2, 0.25) is 5.89 Å². The molecule has 1 aliphatic rings. The fourth-order valence-corrected chi connectivity index (χ4v) is 2.33. The predicted octanol–water partition coefficient (Wildman–Crippen LogP) is 2.25. The molecule has 1 aliphatic carbocycles. The first-order valence-electron chi connectivity index (χ1n) is 6.23. The molecule has 0 bridgehead atoms. The molecule has 3 atom stereocenters. The normalized spacial score (nSPS) is 27.2. The van der Waals surface area contributed by atoms with Crippen molar-refractivity contribution >= 4 is 0 Å². The first-order chi connectivity index (χ1) is 7.65. The number of aryl methyl sites for hydroxylation is 1. The van der Waals surface area contributed by atoms with Crippen molar-refractivity contribution < 1.29 is 4.52 Å². The van der Waals surface area contributed by atoms with E-state index in [-0.39, 0.29) is 6.04 Å². The summed E-state index contributed by atoms with van der Waals surface area (Å²) >= 11 is 0. The molecule has 1 aromatic rings. The van der Waals surface area contributed by atoms with E-state index in [4.69, 9.17) is 10.3 Å². The Morgan fingerprint density at radius 2 is 2.31 bits per heavy atom. The van der Waals surface area contributed by atoms with Crippen molar-refractivity contribution in [2.75, 3.05) is 0 Å². The summed E-state index contributed by atoms with van der Waals surface area (Å²) in [4.78, 5) is 4.47. The topological polar surface area (TPSA) is 64.9 Å². The maximum atomic E-state index is 5.70. The Morgan fingerprint density at radius 1 is 1.50 bits per heavy atom. The first-order valence-corrected chi connectivity index (χ1v) is 6.23. The Bertz CT molecular complexity index is 335. The third kappa shape index (κ3) is 2.82. The average Bonchev–Trinajstić information content (AvgIpc) is 2.83. The fourth-order valence-electron chi connectivity index (χ4n) is 2.33. The number of rotatable bonds is 4. The van der Waals surface area contributed by atoms with Crippen LogP contribution in [0.25, 0.3) is 0 Å². The molecule has 3 unspecified atom stereocenters. The molecule has 0 radical (unpaired) electrons. The molecular weight excluding hydrogens is 202 g/mol. The van der Waals surface area contributed by atoms with Crippen LogP contribution in [0.15, 0.2) is 4.52 Å². The van der Waals surface area contributed by atoms with E-state index in [0.29, 0.717) is 5.92 Å². The van der Waals surface area contributed by atoms with Crippen LogP contribution in [-0.4, -0.2) is 16.2 Å². The van der Waals surface area contributed by atoms with E-state index in [1.807, 2.05) is 6.92 Å². The SMILES string of the molecule is CC(N)CCc1nc(C2CCC(C)C2)no1. The van der Waals surface area contributed by atoms with Crippen LogP contribution in [0.4, 0.5) is 0 Å². The molecule has 4 heteroatoms. The van der Waals surface area contributed by atoms with E-state index in [0.717, 1.165) is 30.5 Å². The Balaban J connectivity index is 1.91. The molecule has 16 heavy (non-hydrogen) atoms. The average molecular weight is 223 g/mol. The Hall–Kier alpha value is -0.900. The second-order valence-electron chi connectivity index (χ2n) is 5.18. The number of aromatic nitrogens is 2. The zero-order valence-electron chi connectivity index (χ0n) is 10.1. The van der Waals surface area contributed by atoms with E-state index in [1.54, 1.807) is 0 Å². The predicted molar refractivity (Wildman–Crippen MR) is 62.0 cm³/mol.